The van der Waals surface area contributed by atoms with Gasteiger partial charge >= 0.3 is 0 Å². The van der Waals surface area contributed by atoms with Gasteiger partial charge in [0.25, 0.3) is 5.91 Å². The zero-order chi connectivity index (χ0) is 16.2. The average molecular weight is 308 g/mol. The van der Waals surface area contributed by atoms with Gasteiger partial charge in [-0.05, 0) is 36.6 Å². The van der Waals surface area contributed by atoms with Crippen molar-refractivity contribution in [3.8, 4) is 5.75 Å². The maximum Gasteiger partial charge on any atom is 0.294 e. The Morgan fingerprint density at radius 1 is 1.17 bits per heavy atom. The Hall–Kier alpha value is -3.08. The van der Waals surface area contributed by atoms with Crippen LogP contribution in [0.15, 0.2) is 59.3 Å². The number of carbonyl (C=O) groups is 1. The molecule has 3 rings (SSSR count). The van der Waals surface area contributed by atoms with Gasteiger partial charge < -0.3 is 14.9 Å². The molecule has 23 heavy (non-hydrogen) atoms. The van der Waals surface area contributed by atoms with Crippen molar-refractivity contribution in [2.45, 2.75) is 13.3 Å². The molecular weight excluding hydrogens is 292 g/mol. The van der Waals surface area contributed by atoms with Crippen LogP contribution >= 0.6 is 0 Å². The molecule has 0 spiro atoms. The molecule has 1 heterocycles. The maximum absolute atomic E-state index is 12.2. The number of anilines is 1. The minimum Gasteiger partial charge on any atom is -0.506 e. The number of aromatic hydroxyl groups is 1. The topological polar surface area (TPSA) is 75.4 Å². The lowest BCUT2D eigenvalue weighted by atomic mass is 10.0. The molecule has 1 amide bonds. The molecule has 3 aromatic rings. The van der Waals surface area contributed by atoms with Crippen LogP contribution in [0.25, 0.3) is 0 Å². The molecule has 0 unspecified atom stereocenters. The van der Waals surface area contributed by atoms with Crippen LogP contribution in [-0.2, 0) is 6.42 Å². The highest BCUT2D eigenvalue weighted by Gasteiger charge is 2.16. The fourth-order valence-electron chi connectivity index (χ4n) is 2.31. The summed E-state index contributed by atoms with van der Waals surface area (Å²) < 4.78 is 4.92. The summed E-state index contributed by atoms with van der Waals surface area (Å²) in [5, 5.41) is 16.2. The fraction of sp³-hybridized carbons (Fsp3) is 0.111. The molecule has 1 aromatic heterocycles. The molecule has 0 atom stereocenters. The lowest BCUT2D eigenvalue weighted by molar-refractivity contribution is 0.0986. The summed E-state index contributed by atoms with van der Waals surface area (Å²) in [6, 6.07) is 15.1. The van der Waals surface area contributed by atoms with Gasteiger partial charge in [-0.25, -0.2) is 0 Å². The molecular formula is C18H16N2O3. The summed E-state index contributed by atoms with van der Waals surface area (Å²) in [5.74, 6) is -0.294. The molecule has 0 aliphatic rings. The Morgan fingerprint density at radius 2 is 1.96 bits per heavy atom. The van der Waals surface area contributed by atoms with E-state index in [1.807, 2.05) is 36.4 Å². The molecule has 0 aliphatic heterocycles. The number of aromatic nitrogens is 1. The third kappa shape index (κ3) is 3.40. The van der Waals surface area contributed by atoms with Crippen molar-refractivity contribution in [3.05, 3.63) is 77.2 Å². The van der Waals surface area contributed by atoms with Gasteiger partial charge in [0, 0.05) is 5.56 Å². The molecule has 0 radical (unpaired) electrons. The Kier molecular flexibility index (Phi) is 4.10. The van der Waals surface area contributed by atoms with Crippen molar-refractivity contribution in [2.24, 2.45) is 0 Å². The Morgan fingerprint density at radius 3 is 2.65 bits per heavy atom. The Bertz CT molecular complexity index is 825. The van der Waals surface area contributed by atoms with E-state index in [1.54, 1.807) is 19.1 Å². The van der Waals surface area contributed by atoms with Crippen LogP contribution in [-0.4, -0.2) is 16.2 Å². The number of nitrogens with zero attached hydrogens (tertiary/aromatic N) is 1. The molecule has 0 fully saturated rings. The smallest absolute Gasteiger partial charge is 0.294 e. The van der Waals surface area contributed by atoms with Crippen LogP contribution in [0.1, 0.15) is 27.2 Å². The largest absolute Gasteiger partial charge is 0.506 e. The van der Waals surface area contributed by atoms with Gasteiger partial charge in [0.2, 0.25) is 5.76 Å². The summed E-state index contributed by atoms with van der Waals surface area (Å²) in [5.41, 5.74) is 3.13. The fourth-order valence-corrected chi connectivity index (χ4v) is 2.31. The predicted molar refractivity (Wildman–Crippen MR) is 86.5 cm³/mol. The summed E-state index contributed by atoms with van der Waals surface area (Å²) in [6.45, 7) is 1.73. The van der Waals surface area contributed by atoms with Gasteiger partial charge in [0.05, 0.1) is 11.9 Å². The third-order valence-corrected chi connectivity index (χ3v) is 3.51. The minimum atomic E-state index is -0.438. The van der Waals surface area contributed by atoms with E-state index >= 15 is 0 Å². The first-order chi connectivity index (χ1) is 11.1. The molecule has 116 valence electrons. The number of nitrogens with one attached hydrogen (secondary N) is 1. The van der Waals surface area contributed by atoms with E-state index in [1.165, 1.54) is 6.20 Å². The first-order valence-corrected chi connectivity index (χ1v) is 7.22. The number of hydrogen-bond donors (Lipinski definition) is 2. The molecule has 0 saturated heterocycles. The van der Waals surface area contributed by atoms with Crippen LogP contribution < -0.4 is 5.32 Å². The van der Waals surface area contributed by atoms with Crippen molar-refractivity contribution in [1.82, 2.24) is 5.16 Å². The molecule has 2 aromatic carbocycles. The lowest BCUT2D eigenvalue weighted by Gasteiger charge is -2.09. The summed E-state index contributed by atoms with van der Waals surface area (Å²) in [6.07, 6.45) is 2.19. The van der Waals surface area contributed by atoms with Crippen LogP contribution in [0.2, 0.25) is 0 Å². The average Bonchev–Trinajstić information content (AvgIpc) is 2.98. The number of benzene rings is 2. The van der Waals surface area contributed by atoms with E-state index < -0.39 is 5.91 Å². The monoisotopic (exact) mass is 308 g/mol. The molecule has 5 nitrogen and oxygen atoms in total. The molecule has 2 N–H and O–H groups in total. The molecule has 5 heteroatoms. The number of rotatable bonds is 4. The van der Waals surface area contributed by atoms with Crippen molar-refractivity contribution >= 4 is 11.6 Å². The van der Waals surface area contributed by atoms with E-state index in [0.29, 0.717) is 17.7 Å². The van der Waals surface area contributed by atoms with Crippen molar-refractivity contribution < 1.29 is 14.4 Å². The van der Waals surface area contributed by atoms with Gasteiger partial charge in [-0.1, -0.05) is 41.6 Å². The summed E-state index contributed by atoms with van der Waals surface area (Å²) in [4.78, 5) is 12.2. The van der Waals surface area contributed by atoms with Crippen LogP contribution in [0, 0.1) is 6.92 Å². The van der Waals surface area contributed by atoms with Crippen LogP contribution in [0.5, 0.6) is 5.75 Å². The van der Waals surface area contributed by atoms with Crippen LogP contribution in [0.3, 0.4) is 0 Å². The second-order valence-electron chi connectivity index (χ2n) is 5.31. The number of phenolic OH excluding ortho intramolecular Hbond substituents is 1. The SMILES string of the molecule is Cc1cnoc1C(=O)Nc1cc(Cc2ccccc2)ccc1O. The van der Waals surface area contributed by atoms with Crippen molar-refractivity contribution in [1.29, 1.82) is 0 Å². The maximum atomic E-state index is 12.2. The quantitative estimate of drug-likeness (QED) is 0.723. The first-order valence-electron chi connectivity index (χ1n) is 7.22. The molecule has 0 saturated carbocycles. The van der Waals surface area contributed by atoms with Gasteiger partial charge in [0.15, 0.2) is 0 Å². The zero-order valence-electron chi connectivity index (χ0n) is 12.6. The zero-order valence-corrected chi connectivity index (χ0v) is 12.6. The predicted octanol–water partition coefficient (Wildman–Crippen LogP) is 3.53. The number of aryl methyl sites for hydroxylation is 1. The second kappa shape index (κ2) is 6.36. The Labute approximate surface area is 133 Å². The summed E-state index contributed by atoms with van der Waals surface area (Å²) >= 11 is 0. The van der Waals surface area contributed by atoms with E-state index in [-0.39, 0.29) is 11.5 Å². The highest BCUT2D eigenvalue weighted by Crippen LogP contribution is 2.26. The van der Waals surface area contributed by atoms with Crippen molar-refractivity contribution in [2.75, 3.05) is 5.32 Å². The van der Waals surface area contributed by atoms with Crippen LogP contribution in [0.4, 0.5) is 5.69 Å². The second-order valence-corrected chi connectivity index (χ2v) is 5.31. The normalized spacial score (nSPS) is 10.5. The number of hydrogen-bond acceptors (Lipinski definition) is 4. The summed E-state index contributed by atoms with van der Waals surface area (Å²) in [7, 11) is 0. The van der Waals surface area contributed by atoms with Gasteiger partial charge in [0.1, 0.15) is 5.75 Å². The van der Waals surface area contributed by atoms with Gasteiger partial charge in [-0.15, -0.1) is 0 Å². The third-order valence-electron chi connectivity index (χ3n) is 3.51. The van der Waals surface area contributed by atoms with Gasteiger partial charge in [-0.3, -0.25) is 4.79 Å². The number of amides is 1. The minimum absolute atomic E-state index is 0.00679. The van der Waals surface area contributed by atoms with E-state index in [4.69, 9.17) is 4.52 Å². The molecule has 0 aliphatic carbocycles. The molecule has 0 bridgehead atoms. The van der Waals surface area contributed by atoms with E-state index in [9.17, 15) is 9.90 Å². The Balaban J connectivity index is 1.81. The van der Waals surface area contributed by atoms with E-state index in [2.05, 4.69) is 10.5 Å². The van der Waals surface area contributed by atoms with E-state index in [0.717, 1.165) is 11.1 Å². The van der Waals surface area contributed by atoms with Crippen molar-refractivity contribution in [3.63, 3.8) is 0 Å². The first kappa shape index (κ1) is 14.8. The lowest BCUT2D eigenvalue weighted by Crippen LogP contribution is -2.12. The highest BCUT2D eigenvalue weighted by molar-refractivity contribution is 6.03. The number of phenols is 1. The van der Waals surface area contributed by atoms with Gasteiger partial charge in [-0.2, -0.15) is 0 Å². The standard InChI is InChI=1S/C18H16N2O3/c1-12-11-19-23-17(12)18(22)20-15-10-14(7-8-16(15)21)9-13-5-3-2-4-6-13/h2-8,10-11,21H,9H2,1H3,(H,20,22). The number of carbonyl (C=O) groups excluding carboxylic acids is 1. The highest BCUT2D eigenvalue weighted by atomic mass is 16.5.